The van der Waals surface area contributed by atoms with Crippen LogP contribution in [0.15, 0.2) is 34.9 Å². The molecule has 0 radical (unpaired) electrons. The van der Waals surface area contributed by atoms with Gasteiger partial charge in [0.2, 0.25) is 11.8 Å². The van der Waals surface area contributed by atoms with Gasteiger partial charge in [0.25, 0.3) is 0 Å². The van der Waals surface area contributed by atoms with Crippen LogP contribution in [0.4, 0.5) is 0 Å². The Kier molecular flexibility index (Phi) is 4.23. The molecule has 1 fully saturated rings. The standard InChI is InChI=1S/C18H20N4O3/c23-17(24)12-22-10-14(13-6-2-3-7-15(13)22)18-20-19-16(25-18)11-21-8-4-1-5-9-21/h2-3,6-7,10H,1,4-5,8-9,11-12H2,(H,23,24). The van der Waals surface area contributed by atoms with Crippen molar-refractivity contribution in [2.75, 3.05) is 13.1 Å². The van der Waals surface area contributed by atoms with E-state index in [-0.39, 0.29) is 6.54 Å². The van der Waals surface area contributed by atoms with Gasteiger partial charge in [0.05, 0.1) is 12.1 Å². The van der Waals surface area contributed by atoms with Gasteiger partial charge in [0.1, 0.15) is 6.54 Å². The molecular formula is C18H20N4O3. The van der Waals surface area contributed by atoms with E-state index in [2.05, 4.69) is 15.1 Å². The van der Waals surface area contributed by atoms with E-state index >= 15 is 0 Å². The number of aliphatic carboxylic acids is 1. The predicted octanol–water partition coefficient (Wildman–Crippen LogP) is 2.76. The third kappa shape index (κ3) is 3.28. The zero-order valence-corrected chi connectivity index (χ0v) is 13.9. The Hall–Kier alpha value is -2.67. The molecule has 0 spiro atoms. The first kappa shape index (κ1) is 15.8. The quantitative estimate of drug-likeness (QED) is 0.769. The zero-order valence-electron chi connectivity index (χ0n) is 13.9. The average Bonchev–Trinajstić information content (AvgIpc) is 3.21. The largest absolute Gasteiger partial charge is 0.480 e. The molecule has 0 saturated carbocycles. The van der Waals surface area contributed by atoms with Crippen LogP contribution in [0.3, 0.4) is 0 Å². The minimum atomic E-state index is -0.886. The van der Waals surface area contributed by atoms with Gasteiger partial charge in [-0.05, 0) is 32.0 Å². The molecular weight excluding hydrogens is 320 g/mol. The lowest BCUT2D eigenvalue weighted by Crippen LogP contribution is -2.29. The Balaban J connectivity index is 1.64. The number of rotatable bonds is 5. The lowest BCUT2D eigenvalue weighted by molar-refractivity contribution is -0.137. The molecule has 1 saturated heterocycles. The van der Waals surface area contributed by atoms with E-state index in [1.54, 1.807) is 10.8 Å². The second kappa shape index (κ2) is 6.68. The lowest BCUT2D eigenvalue weighted by atomic mass is 10.1. The van der Waals surface area contributed by atoms with Gasteiger partial charge in [0, 0.05) is 17.1 Å². The molecule has 1 aliphatic heterocycles. The minimum Gasteiger partial charge on any atom is -0.480 e. The second-order valence-corrected chi connectivity index (χ2v) is 6.42. The molecule has 3 aromatic rings. The number of carboxylic acid groups (broad SMARTS) is 1. The molecule has 25 heavy (non-hydrogen) atoms. The highest BCUT2D eigenvalue weighted by atomic mass is 16.4. The molecule has 7 nitrogen and oxygen atoms in total. The van der Waals surface area contributed by atoms with Crippen LogP contribution in [0.5, 0.6) is 0 Å². The van der Waals surface area contributed by atoms with Crippen LogP contribution in [0, 0.1) is 0 Å². The minimum absolute atomic E-state index is 0.102. The van der Waals surface area contributed by atoms with Gasteiger partial charge >= 0.3 is 5.97 Å². The maximum Gasteiger partial charge on any atom is 0.323 e. The monoisotopic (exact) mass is 340 g/mol. The van der Waals surface area contributed by atoms with Crippen molar-refractivity contribution in [3.05, 3.63) is 36.4 Å². The summed E-state index contributed by atoms with van der Waals surface area (Å²) in [4.78, 5) is 13.4. The molecule has 4 rings (SSSR count). The van der Waals surface area contributed by atoms with Crippen molar-refractivity contribution in [3.8, 4) is 11.5 Å². The van der Waals surface area contributed by atoms with Crippen molar-refractivity contribution >= 4 is 16.9 Å². The normalized spacial score (nSPS) is 15.7. The number of para-hydroxylation sites is 1. The number of hydrogen-bond donors (Lipinski definition) is 1. The lowest BCUT2D eigenvalue weighted by Gasteiger charge is -2.24. The third-order valence-electron chi connectivity index (χ3n) is 4.60. The number of carboxylic acids is 1. The Bertz CT molecular complexity index is 893. The number of likely N-dealkylation sites (tertiary alicyclic amines) is 1. The van der Waals surface area contributed by atoms with Gasteiger partial charge in [-0.15, -0.1) is 10.2 Å². The number of hydrogen-bond acceptors (Lipinski definition) is 5. The van der Waals surface area contributed by atoms with E-state index in [1.165, 1.54) is 19.3 Å². The Morgan fingerprint density at radius 2 is 1.96 bits per heavy atom. The van der Waals surface area contributed by atoms with Crippen molar-refractivity contribution in [2.45, 2.75) is 32.4 Å². The summed E-state index contributed by atoms with van der Waals surface area (Å²) < 4.78 is 7.57. The topological polar surface area (TPSA) is 84.4 Å². The molecule has 1 aromatic carbocycles. The molecule has 130 valence electrons. The van der Waals surface area contributed by atoms with Crippen LogP contribution >= 0.6 is 0 Å². The van der Waals surface area contributed by atoms with Crippen molar-refractivity contribution in [2.24, 2.45) is 0 Å². The number of benzene rings is 1. The highest BCUT2D eigenvalue weighted by molar-refractivity contribution is 5.94. The molecule has 0 bridgehead atoms. The smallest absolute Gasteiger partial charge is 0.323 e. The summed E-state index contributed by atoms with van der Waals surface area (Å²) in [5.74, 6) is 0.155. The summed E-state index contributed by atoms with van der Waals surface area (Å²) in [7, 11) is 0. The first-order valence-corrected chi connectivity index (χ1v) is 8.55. The number of nitrogens with zero attached hydrogens (tertiary/aromatic N) is 4. The van der Waals surface area contributed by atoms with Crippen LogP contribution in [-0.2, 0) is 17.9 Å². The second-order valence-electron chi connectivity index (χ2n) is 6.42. The van der Waals surface area contributed by atoms with Gasteiger partial charge in [0.15, 0.2) is 0 Å². The number of piperidine rings is 1. The predicted molar refractivity (Wildman–Crippen MR) is 92.0 cm³/mol. The summed E-state index contributed by atoms with van der Waals surface area (Å²) >= 11 is 0. The Labute approximate surface area is 144 Å². The first-order chi connectivity index (χ1) is 12.2. The van der Waals surface area contributed by atoms with E-state index < -0.39 is 5.97 Å². The molecule has 0 amide bonds. The van der Waals surface area contributed by atoms with Crippen LogP contribution < -0.4 is 0 Å². The SMILES string of the molecule is O=C(O)Cn1cc(-c2nnc(CN3CCCCC3)o2)c2ccccc21. The van der Waals surface area contributed by atoms with Gasteiger partial charge < -0.3 is 14.1 Å². The average molecular weight is 340 g/mol. The van der Waals surface area contributed by atoms with Crippen molar-refractivity contribution in [3.63, 3.8) is 0 Å². The molecule has 2 aromatic heterocycles. The fourth-order valence-corrected chi connectivity index (χ4v) is 3.43. The van der Waals surface area contributed by atoms with E-state index in [0.29, 0.717) is 18.3 Å². The Morgan fingerprint density at radius 1 is 1.16 bits per heavy atom. The summed E-state index contributed by atoms with van der Waals surface area (Å²) in [6.45, 7) is 2.70. The fourth-order valence-electron chi connectivity index (χ4n) is 3.43. The third-order valence-corrected chi connectivity index (χ3v) is 4.60. The summed E-state index contributed by atoms with van der Waals surface area (Å²) in [6, 6.07) is 7.65. The maximum absolute atomic E-state index is 11.1. The van der Waals surface area contributed by atoms with Gasteiger partial charge in [-0.2, -0.15) is 0 Å². The van der Waals surface area contributed by atoms with Gasteiger partial charge in [-0.25, -0.2) is 0 Å². The van der Waals surface area contributed by atoms with Crippen molar-refractivity contribution in [1.82, 2.24) is 19.7 Å². The first-order valence-electron chi connectivity index (χ1n) is 8.55. The number of fused-ring (bicyclic) bond motifs is 1. The van der Waals surface area contributed by atoms with Crippen molar-refractivity contribution < 1.29 is 14.3 Å². The summed E-state index contributed by atoms with van der Waals surface area (Å²) in [6.07, 6.45) is 5.49. The van der Waals surface area contributed by atoms with Crippen LogP contribution in [0.25, 0.3) is 22.4 Å². The number of carbonyl (C=O) groups is 1. The van der Waals surface area contributed by atoms with E-state index in [0.717, 1.165) is 29.6 Å². The number of aromatic nitrogens is 3. The van der Waals surface area contributed by atoms with E-state index in [4.69, 9.17) is 9.52 Å². The molecule has 0 atom stereocenters. The Morgan fingerprint density at radius 3 is 2.76 bits per heavy atom. The van der Waals surface area contributed by atoms with E-state index in [1.807, 2.05) is 24.3 Å². The van der Waals surface area contributed by atoms with Crippen LogP contribution in [0.1, 0.15) is 25.2 Å². The van der Waals surface area contributed by atoms with Crippen LogP contribution in [0.2, 0.25) is 0 Å². The molecule has 0 aliphatic carbocycles. The van der Waals surface area contributed by atoms with Crippen LogP contribution in [-0.4, -0.2) is 43.8 Å². The highest BCUT2D eigenvalue weighted by Gasteiger charge is 2.18. The van der Waals surface area contributed by atoms with E-state index in [9.17, 15) is 4.79 Å². The zero-order chi connectivity index (χ0) is 17.2. The molecule has 7 heteroatoms. The van der Waals surface area contributed by atoms with Crippen molar-refractivity contribution in [1.29, 1.82) is 0 Å². The fraction of sp³-hybridized carbons (Fsp3) is 0.389. The maximum atomic E-state index is 11.1. The highest BCUT2D eigenvalue weighted by Crippen LogP contribution is 2.30. The molecule has 0 unspecified atom stereocenters. The van der Waals surface area contributed by atoms with Gasteiger partial charge in [-0.1, -0.05) is 24.6 Å². The molecule has 1 N–H and O–H groups in total. The summed E-state index contributed by atoms with van der Waals surface area (Å²) in [5.41, 5.74) is 1.62. The van der Waals surface area contributed by atoms with Gasteiger partial charge in [-0.3, -0.25) is 9.69 Å². The molecule has 1 aliphatic rings. The summed E-state index contributed by atoms with van der Waals surface area (Å²) in [5, 5.41) is 18.4. The molecule has 3 heterocycles.